The number of sulfonamides is 1. The first kappa shape index (κ1) is 15.3. The van der Waals surface area contributed by atoms with Gasteiger partial charge in [0.2, 0.25) is 5.91 Å². The van der Waals surface area contributed by atoms with E-state index in [2.05, 4.69) is 4.72 Å². The molecule has 110 valence electrons. The maximum absolute atomic E-state index is 12.3. The number of halogens is 1. The third-order valence-corrected chi connectivity index (χ3v) is 4.60. The van der Waals surface area contributed by atoms with Crippen LogP contribution in [-0.4, -0.2) is 14.3 Å². The summed E-state index contributed by atoms with van der Waals surface area (Å²) in [7, 11) is -3.76. The van der Waals surface area contributed by atoms with Gasteiger partial charge in [-0.05, 0) is 48.9 Å². The van der Waals surface area contributed by atoms with E-state index in [9.17, 15) is 13.2 Å². The van der Waals surface area contributed by atoms with Gasteiger partial charge in [0.25, 0.3) is 10.0 Å². The average molecular weight is 325 g/mol. The standard InChI is InChI=1S/C14H13ClN2O3S/c1-9-7-11(15)5-6-13(9)21(19,20)17-12-4-2-3-10(8-12)14(16)18/h2-8,17H,1H3,(H2,16,18). The number of amides is 1. The van der Waals surface area contributed by atoms with Crippen molar-refractivity contribution in [1.29, 1.82) is 0 Å². The summed E-state index contributed by atoms with van der Waals surface area (Å²) in [6.45, 7) is 1.65. The maximum atomic E-state index is 12.3. The quantitative estimate of drug-likeness (QED) is 0.905. The van der Waals surface area contributed by atoms with Gasteiger partial charge in [-0.25, -0.2) is 8.42 Å². The molecule has 0 heterocycles. The van der Waals surface area contributed by atoms with Crippen molar-refractivity contribution in [3.8, 4) is 0 Å². The molecule has 0 aliphatic heterocycles. The number of anilines is 1. The molecule has 0 aliphatic carbocycles. The van der Waals surface area contributed by atoms with Crippen molar-refractivity contribution in [2.24, 2.45) is 5.73 Å². The fourth-order valence-electron chi connectivity index (χ4n) is 1.86. The highest BCUT2D eigenvalue weighted by Crippen LogP contribution is 2.22. The first-order chi connectivity index (χ1) is 9.79. The zero-order valence-electron chi connectivity index (χ0n) is 11.1. The lowest BCUT2D eigenvalue weighted by Crippen LogP contribution is -2.15. The second kappa shape index (κ2) is 5.75. The van der Waals surface area contributed by atoms with Crippen LogP contribution in [0.1, 0.15) is 15.9 Å². The number of benzene rings is 2. The van der Waals surface area contributed by atoms with Crippen molar-refractivity contribution < 1.29 is 13.2 Å². The van der Waals surface area contributed by atoms with Crippen molar-refractivity contribution in [2.45, 2.75) is 11.8 Å². The second-order valence-electron chi connectivity index (χ2n) is 4.46. The first-order valence-corrected chi connectivity index (χ1v) is 7.84. The largest absolute Gasteiger partial charge is 0.366 e. The predicted octanol–water partition coefficient (Wildman–Crippen LogP) is 2.55. The average Bonchev–Trinajstić information content (AvgIpc) is 2.37. The number of hydrogen-bond acceptors (Lipinski definition) is 3. The molecular weight excluding hydrogens is 312 g/mol. The summed E-state index contributed by atoms with van der Waals surface area (Å²) in [6, 6.07) is 10.5. The summed E-state index contributed by atoms with van der Waals surface area (Å²) >= 11 is 5.82. The number of carbonyl (C=O) groups excluding carboxylic acids is 1. The van der Waals surface area contributed by atoms with Crippen LogP contribution in [0.4, 0.5) is 5.69 Å². The van der Waals surface area contributed by atoms with Gasteiger partial charge in [0.05, 0.1) is 4.90 Å². The number of aryl methyl sites for hydroxylation is 1. The lowest BCUT2D eigenvalue weighted by molar-refractivity contribution is 0.100. The number of nitrogens with one attached hydrogen (secondary N) is 1. The van der Waals surface area contributed by atoms with Crippen molar-refractivity contribution >= 4 is 33.2 Å². The van der Waals surface area contributed by atoms with Crippen LogP contribution in [-0.2, 0) is 10.0 Å². The van der Waals surface area contributed by atoms with Crippen molar-refractivity contribution in [3.05, 3.63) is 58.6 Å². The van der Waals surface area contributed by atoms with E-state index in [1.165, 1.54) is 30.3 Å². The molecular formula is C14H13ClN2O3S. The summed E-state index contributed by atoms with van der Waals surface area (Å²) in [4.78, 5) is 11.2. The monoisotopic (exact) mass is 324 g/mol. The predicted molar refractivity (Wildman–Crippen MR) is 82.0 cm³/mol. The fourth-order valence-corrected chi connectivity index (χ4v) is 3.36. The van der Waals surface area contributed by atoms with Gasteiger partial charge < -0.3 is 5.73 Å². The molecule has 0 aromatic heterocycles. The Balaban J connectivity index is 2.37. The van der Waals surface area contributed by atoms with Gasteiger partial charge in [0.1, 0.15) is 0 Å². The molecule has 2 aromatic carbocycles. The van der Waals surface area contributed by atoms with Crippen molar-refractivity contribution in [2.75, 3.05) is 4.72 Å². The third kappa shape index (κ3) is 3.53. The Hall–Kier alpha value is -2.05. The highest BCUT2D eigenvalue weighted by Gasteiger charge is 2.17. The van der Waals surface area contributed by atoms with Crippen LogP contribution < -0.4 is 10.5 Å². The van der Waals surface area contributed by atoms with Crippen LogP contribution in [0.2, 0.25) is 5.02 Å². The number of primary amides is 1. The molecule has 0 aliphatic rings. The zero-order valence-corrected chi connectivity index (χ0v) is 12.7. The molecule has 2 rings (SSSR count). The topological polar surface area (TPSA) is 89.3 Å². The van der Waals surface area contributed by atoms with Gasteiger partial charge in [-0.15, -0.1) is 0 Å². The molecule has 0 radical (unpaired) electrons. The Bertz CT molecular complexity index is 804. The van der Waals surface area contributed by atoms with E-state index >= 15 is 0 Å². The Kier molecular flexibility index (Phi) is 4.20. The molecule has 1 amide bonds. The van der Waals surface area contributed by atoms with Gasteiger partial charge in [0, 0.05) is 16.3 Å². The van der Waals surface area contributed by atoms with Crippen LogP contribution >= 0.6 is 11.6 Å². The second-order valence-corrected chi connectivity index (χ2v) is 6.55. The van der Waals surface area contributed by atoms with Crippen LogP contribution in [0.3, 0.4) is 0 Å². The molecule has 0 spiro atoms. The normalized spacial score (nSPS) is 11.1. The molecule has 7 heteroatoms. The molecule has 0 fully saturated rings. The van der Waals surface area contributed by atoms with E-state index in [0.717, 1.165) is 0 Å². The van der Waals surface area contributed by atoms with Crippen molar-refractivity contribution in [3.63, 3.8) is 0 Å². The molecule has 0 unspecified atom stereocenters. The van der Waals surface area contributed by atoms with E-state index in [1.807, 2.05) is 0 Å². The minimum absolute atomic E-state index is 0.122. The van der Waals surface area contributed by atoms with E-state index in [-0.39, 0.29) is 16.1 Å². The SMILES string of the molecule is Cc1cc(Cl)ccc1S(=O)(=O)Nc1cccc(C(N)=O)c1. The summed E-state index contributed by atoms with van der Waals surface area (Å²) in [6.07, 6.45) is 0. The molecule has 0 saturated heterocycles. The van der Waals surface area contributed by atoms with E-state index in [1.54, 1.807) is 19.1 Å². The van der Waals surface area contributed by atoms with Crippen molar-refractivity contribution in [1.82, 2.24) is 0 Å². The third-order valence-electron chi connectivity index (χ3n) is 2.83. The maximum Gasteiger partial charge on any atom is 0.262 e. The van der Waals surface area contributed by atoms with Gasteiger partial charge in [-0.1, -0.05) is 17.7 Å². The van der Waals surface area contributed by atoms with Gasteiger partial charge >= 0.3 is 0 Å². The number of nitrogens with two attached hydrogens (primary N) is 1. The Morgan fingerprint density at radius 2 is 1.90 bits per heavy atom. The molecule has 0 atom stereocenters. The lowest BCUT2D eigenvalue weighted by Gasteiger charge is -2.11. The minimum Gasteiger partial charge on any atom is -0.366 e. The van der Waals surface area contributed by atoms with Gasteiger partial charge in [0.15, 0.2) is 0 Å². The molecule has 3 N–H and O–H groups in total. The van der Waals surface area contributed by atoms with Gasteiger partial charge in [-0.3, -0.25) is 9.52 Å². The van der Waals surface area contributed by atoms with E-state index in [0.29, 0.717) is 10.6 Å². The van der Waals surface area contributed by atoms with Crippen LogP contribution in [0.15, 0.2) is 47.4 Å². The summed E-state index contributed by atoms with van der Waals surface area (Å²) in [5.41, 5.74) is 6.19. The highest BCUT2D eigenvalue weighted by atomic mass is 35.5. The Labute approximate surface area is 127 Å². The summed E-state index contributed by atoms with van der Waals surface area (Å²) < 4.78 is 27.1. The minimum atomic E-state index is -3.76. The molecule has 5 nitrogen and oxygen atoms in total. The summed E-state index contributed by atoms with van der Waals surface area (Å²) in [5.74, 6) is -0.626. The van der Waals surface area contributed by atoms with Gasteiger partial charge in [-0.2, -0.15) is 0 Å². The fraction of sp³-hybridized carbons (Fsp3) is 0.0714. The van der Waals surface area contributed by atoms with E-state index in [4.69, 9.17) is 17.3 Å². The number of carbonyl (C=O) groups is 1. The lowest BCUT2D eigenvalue weighted by atomic mass is 10.2. The number of hydrogen-bond donors (Lipinski definition) is 2. The van der Waals surface area contributed by atoms with Crippen LogP contribution in [0.5, 0.6) is 0 Å². The molecule has 0 bridgehead atoms. The van der Waals surface area contributed by atoms with Crippen LogP contribution in [0, 0.1) is 6.92 Å². The Morgan fingerprint density at radius 3 is 2.52 bits per heavy atom. The first-order valence-electron chi connectivity index (χ1n) is 5.98. The van der Waals surface area contributed by atoms with Crippen LogP contribution in [0.25, 0.3) is 0 Å². The summed E-state index contributed by atoms with van der Waals surface area (Å²) in [5, 5.41) is 0.460. The van der Waals surface area contributed by atoms with E-state index < -0.39 is 15.9 Å². The number of rotatable bonds is 4. The zero-order chi connectivity index (χ0) is 15.6. The molecule has 21 heavy (non-hydrogen) atoms. The smallest absolute Gasteiger partial charge is 0.262 e. The Morgan fingerprint density at radius 1 is 1.19 bits per heavy atom. The molecule has 0 saturated carbocycles. The highest BCUT2D eigenvalue weighted by molar-refractivity contribution is 7.92. The molecule has 2 aromatic rings.